The predicted molar refractivity (Wildman–Crippen MR) is 68.1 cm³/mol. The van der Waals surface area contributed by atoms with Crippen molar-refractivity contribution in [2.24, 2.45) is 5.41 Å². The van der Waals surface area contributed by atoms with Gasteiger partial charge >= 0.3 is 5.97 Å². The molecule has 0 unspecified atom stereocenters. The van der Waals surface area contributed by atoms with Gasteiger partial charge in [0.25, 0.3) is 0 Å². The molecule has 1 aromatic rings. The lowest BCUT2D eigenvalue weighted by Crippen LogP contribution is -2.22. The minimum Gasteiger partial charge on any atom is -0.497 e. The van der Waals surface area contributed by atoms with Crippen molar-refractivity contribution >= 4 is 12.0 Å². The number of hydrogen-bond acceptors (Lipinski definition) is 2. The molecule has 0 aromatic heterocycles. The van der Waals surface area contributed by atoms with Gasteiger partial charge in [-0.25, -0.2) is 0 Å². The van der Waals surface area contributed by atoms with Crippen molar-refractivity contribution in [3.8, 4) is 5.75 Å². The molecule has 1 N–H and O–H groups in total. The van der Waals surface area contributed by atoms with Crippen LogP contribution < -0.4 is 4.74 Å². The van der Waals surface area contributed by atoms with Crippen LogP contribution in [0.3, 0.4) is 0 Å². The number of methoxy groups -OCH3 is 1. The van der Waals surface area contributed by atoms with E-state index in [4.69, 9.17) is 9.84 Å². The second-order valence-corrected chi connectivity index (χ2v) is 4.57. The largest absolute Gasteiger partial charge is 0.497 e. The van der Waals surface area contributed by atoms with Crippen molar-refractivity contribution in [2.45, 2.75) is 20.3 Å². The van der Waals surface area contributed by atoms with Crippen LogP contribution in [-0.2, 0) is 4.79 Å². The predicted octanol–water partition coefficient (Wildman–Crippen LogP) is 3.21. The molecule has 1 aromatic carbocycles. The number of carbonyl (C=O) groups is 1. The summed E-state index contributed by atoms with van der Waals surface area (Å²) < 4.78 is 5.06. The molecule has 0 heterocycles. The van der Waals surface area contributed by atoms with Gasteiger partial charge in [-0.15, -0.1) is 0 Å². The maximum atomic E-state index is 10.9. The molecule has 0 saturated heterocycles. The molecule has 0 amide bonds. The highest BCUT2D eigenvalue weighted by Gasteiger charge is 2.24. The molecule has 0 radical (unpaired) electrons. The van der Waals surface area contributed by atoms with Gasteiger partial charge in [0.2, 0.25) is 0 Å². The Morgan fingerprint density at radius 1 is 1.35 bits per heavy atom. The van der Waals surface area contributed by atoms with Gasteiger partial charge in [-0.05, 0) is 38.0 Å². The van der Waals surface area contributed by atoms with Crippen molar-refractivity contribution in [3.05, 3.63) is 35.9 Å². The Balaban J connectivity index is 2.62. The zero-order valence-electron chi connectivity index (χ0n) is 10.4. The summed E-state index contributed by atoms with van der Waals surface area (Å²) in [6.45, 7) is 3.43. The van der Waals surface area contributed by atoms with Crippen molar-refractivity contribution in [2.75, 3.05) is 7.11 Å². The molecule has 0 aliphatic rings. The second-order valence-electron chi connectivity index (χ2n) is 4.57. The topological polar surface area (TPSA) is 46.5 Å². The van der Waals surface area contributed by atoms with Crippen LogP contribution in [0.4, 0.5) is 0 Å². The maximum Gasteiger partial charge on any atom is 0.309 e. The van der Waals surface area contributed by atoms with E-state index in [0.29, 0.717) is 6.42 Å². The van der Waals surface area contributed by atoms with Crippen LogP contribution in [0.1, 0.15) is 25.8 Å². The lowest BCUT2D eigenvalue weighted by atomic mass is 9.89. The Hall–Kier alpha value is -1.77. The summed E-state index contributed by atoms with van der Waals surface area (Å²) >= 11 is 0. The lowest BCUT2D eigenvalue weighted by molar-refractivity contribution is -0.146. The molecule has 0 bridgehead atoms. The van der Waals surface area contributed by atoms with Gasteiger partial charge in [-0.2, -0.15) is 0 Å². The molecule has 3 heteroatoms. The molecule has 0 spiro atoms. The molecular weight excluding hydrogens is 216 g/mol. The fourth-order valence-corrected chi connectivity index (χ4v) is 1.29. The Morgan fingerprint density at radius 3 is 2.41 bits per heavy atom. The van der Waals surface area contributed by atoms with Gasteiger partial charge in [0.15, 0.2) is 0 Å². The Kier molecular flexibility index (Phi) is 4.32. The number of benzene rings is 1. The van der Waals surface area contributed by atoms with E-state index < -0.39 is 11.4 Å². The summed E-state index contributed by atoms with van der Waals surface area (Å²) in [6.07, 6.45) is 4.31. The molecule has 1 rings (SSSR count). The van der Waals surface area contributed by atoms with Crippen LogP contribution in [-0.4, -0.2) is 18.2 Å². The molecule has 0 atom stereocenters. The van der Waals surface area contributed by atoms with E-state index in [-0.39, 0.29) is 0 Å². The maximum absolute atomic E-state index is 10.9. The number of carboxylic acid groups (broad SMARTS) is 1. The molecular formula is C14H18O3. The highest BCUT2D eigenvalue weighted by Crippen LogP contribution is 2.22. The minimum absolute atomic E-state index is 0.508. The average Bonchev–Trinajstić information content (AvgIpc) is 2.29. The third-order valence-corrected chi connectivity index (χ3v) is 2.63. The fraction of sp³-hybridized carbons (Fsp3) is 0.357. The van der Waals surface area contributed by atoms with Crippen LogP contribution in [0.5, 0.6) is 5.75 Å². The summed E-state index contributed by atoms with van der Waals surface area (Å²) in [5, 5.41) is 8.96. The third kappa shape index (κ3) is 3.94. The van der Waals surface area contributed by atoms with E-state index in [9.17, 15) is 4.79 Å². The van der Waals surface area contributed by atoms with E-state index in [2.05, 4.69) is 0 Å². The van der Waals surface area contributed by atoms with Gasteiger partial charge in [-0.3, -0.25) is 4.79 Å². The van der Waals surface area contributed by atoms with Gasteiger partial charge < -0.3 is 9.84 Å². The van der Waals surface area contributed by atoms with E-state index in [1.165, 1.54) is 0 Å². The molecule has 17 heavy (non-hydrogen) atoms. The third-order valence-electron chi connectivity index (χ3n) is 2.63. The zero-order valence-corrected chi connectivity index (χ0v) is 10.4. The van der Waals surface area contributed by atoms with E-state index in [1.54, 1.807) is 21.0 Å². The normalized spacial score (nSPS) is 11.7. The molecule has 0 saturated carbocycles. The van der Waals surface area contributed by atoms with E-state index >= 15 is 0 Å². The number of rotatable bonds is 5. The molecule has 0 aliphatic heterocycles. The van der Waals surface area contributed by atoms with Gasteiger partial charge in [0.1, 0.15) is 5.75 Å². The second kappa shape index (κ2) is 5.53. The number of aliphatic carboxylic acids is 1. The molecule has 0 aliphatic carbocycles. The molecule has 3 nitrogen and oxygen atoms in total. The van der Waals surface area contributed by atoms with Crippen LogP contribution in [0.25, 0.3) is 6.08 Å². The van der Waals surface area contributed by atoms with E-state index in [1.807, 2.05) is 36.4 Å². The van der Waals surface area contributed by atoms with Crippen molar-refractivity contribution in [3.63, 3.8) is 0 Å². The van der Waals surface area contributed by atoms with Crippen LogP contribution in [0.2, 0.25) is 0 Å². The van der Waals surface area contributed by atoms with Crippen LogP contribution in [0.15, 0.2) is 30.3 Å². The first kappa shape index (κ1) is 13.3. The van der Waals surface area contributed by atoms with Crippen molar-refractivity contribution in [1.82, 2.24) is 0 Å². The smallest absolute Gasteiger partial charge is 0.309 e. The van der Waals surface area contributed by atoms with Crippen LogP contribution >= 0.6 is 0 Å². The van der Waals surface area contributed by atoms with Gasteiger partial charge in [0, 0.05) is 0 Å². The highest BCUT2D eigenvalue weighted by molar-refractivity contribution is 5.74. The first-order valence-corrected chi connectivity index (χ1v) is 5.50. The Bertz CT molecular complexity index is 402. The first-order valence-electron chi connectivity index (χ1n) is 5.50. The summed E-state index contributed by atoms with van der Waals surface area (Å²) in [5.41, 5.74) is 0.315. The zero-order chi connectivity index (χ0) is 12.9. The van der Waals surface area contributed by atoms with Crippen molar-refractivity contribution in [1.29, 1.82) is 0 Å². The summed E-state index contributed by atoms with van der Waals surface area (Å²) in [4.78, 5) is 10.9. The number of allylic oxidation sites excluding steroid dienone is 1. The van der Waals surface area contributed by atoms with Gasteiger partial charge in [-0.1, -0.05) is 24.3 Å². The summed E-state index contributed by atoms with van der Waals surface area (Å²) in [6, 6.07) is 7.62. The Morgan fingerprint density at radius 2 is 1.94 bits per heavy atom. The first-order chi connectivity index (χ1) is 7.95. The SMILES string of the molecule is COc1ccc(/C=C/CC(C)(C)C(=O)O)cc1. The van der Waals surface area contributed by atoms with Crippen LogP contribution in [0, 0.1) is 5.41 Å². The summed E-state index contributed by atoms with van der Waals surface area (Å²) in [7, 11) is 1.63. The average molecular weight is 234 g/mol. The fourth-order valence-electron chi connectivity index (χ4n) is 1.29. The Labute approximate surface area is 102 Å². The van der Waals surface area contributed by atoms with Crippen molar-refractivity contribution < 1.29 is 14.6 Å². The monoisotopic (exact) mass is 234 g/mol. The lowest BCUT2D eigenvalue weighted by Gasteiger charge is -2.15. The highest BCUT2D eigenvalue weighted by atomic mass is 16.5. The summed E-state index contributed by atoms with van der Waals surface area (Å²) in [5.74, 6) is 0.0323. The number of carboxylic acids is 1. The standard InChI is InChI=1S/C14H18O3/c1-14(2,13(15)16)10-4-5-11-6-8-12(17-3)9-7-11/h4-9H,10H2,1-3H3,(H,15,16)/b5-4+. The molecule has 0 fully saturated rings. The van der Waals surface area contributed by atoms with Gasteiger partial charge in [0.05, 0.1) is 12.5 Å². The molecule has 92 valence electrons. The minimum atomic E-state index is -0.781. The van der Waals surface area contributed by atoms with E-state index in [0.717, 1.165) is 11.3 Å². The quantitative estimate of drug-likeness (QED) is 0.851. The number of ether oxygens (including phenoxy) is 1. The number of hydrogen-bond donors (Lipinski definition) is 1.